The second-order valence-electron chi connectivity index (χ2n) is 6.45. The van der Waals surface area contributed by atoms with Crippen LogP contribution in [0, 0.1) is 25.2 Å². The number of nitrogens with zero attached hydrogens (tertiary/aromatic N) is 3. The number of benzene rings is 2. The van der Waals surface area contributed by atoms with Crippen molar-refractivity contribution in [3.05, 3.63) is 69.5 Å². The molecule has 0 radical (unpaired) electrons. The first-order valence-electron chi connectivity index (χ1n) is 8.27. The molecule has 1 heterocycles. The minimum atomic E-state index is -3.38. The molecule has 0 fully saturated rings. The third-order valence-electron chi connectivity index (χ3n) is 4.47. The first-order valence-corrected chi connectivity index (χ1v) is 10.2. The zero-order valence-electron chi connectivity index (χ0n) is 15.5. The van der Waals surface area contributed by atoms with Crippen LogP contribution in [0.25, 0.3) is 17.1 Å². The normalized spacial score (nSPS) is 11.2. The molecule has 7 nitrogen and oxygen atoms in total. The van der Waals surface area contributed by atoms with Gasteiger partial charge in [0.2, 0.25) is 5.88 Å². The zero-order chi connectivity index (χ0) is 20.6. The van der Waals surface area contributed by atoms with Crippen molar-refractivity contribution in [3.8, 4) is 29.0 Å². The molecule has 142 valence electrons. The van der Waals surface area contributed by atoms with Gasteiger partial charge >= 0.3 is 0 Å². The van der Waals surface area contributed by atoms with Crippen molar-refractivity contribution in [3.63, 3.8) is 0 Å². The maximum Gasteiger partial charge on any atom is 0.280 e. The summed E-state index contributed by atoms with van der Waals surface area (Å²) in [4.78, 5) is 17.0. The first kappa shape index (κ1) is 19.3. The highest BCUT2D eigenvalue weighted by Crippen LogP contribution is 2.25. The Morgan fingerprint density at radius 3 is 2.25 bits per heavy atom. The van der Waals surface area contributed by atoms with E-state index in [1.807, 2.05) is 19.9 Å². The highest BCUT2D eigenvalue weighted by atomic mass is 32.2. The summed E-state index contributed by atoms with van der Waals surface area (Å²) in [6.45, 7) is 3.83. The Bertz CT molecular complexity index is 1280. The molecule has 3 rings (SSSR count). The van der Waals surface area contributed by atoms with Gasteiger partial charge in [-0.15, -0.1) is 0 Å². The van der Waals surface area contributed by atoms with Gasteiger partial charge in [-0.3, -0.25) is 9.36 Å². The molecule has 0 unspecified atom stereocenters. The van der Waals surface area contributed by atoms with Crippen LogP contribution in [0.3, 0.4) is 0 Å². The van der Waals surface area contributed by atoms with E-state index in [0.29, 0.717) is 11.3 Å². The SMILES string of the molecule is Cc1ccc(-n2c(-c3ccc(S(C)(=O)=O)cc3)nc(O)c(C#N)c2=O)cc1C. The maximum absolute atomic E-state index is 12.9. The predicted octanol–water partition coefficient (Wildman–Crippen LogP) is 2.50. The Morgan fingerprint density at radius 1 is 1.07 bits per heavy atom. The summed E-state index contributed by atoms with van der Waals surface area (Å²) < 4.78 is 24.6. The van der Waals surface area contributed by atoms with Crippen molar-refractivity contribution >= 4 is 9.84 Å². The van der Waals surface area contributed by atoms with Gasteiger partial charge in [0.05, 0.1) is 10.6 Å². The van der Waals surface area contributed by atoms with Crippen LogP contribution >= 0.6 is 0 Å². The number of nitriles is 1. The molecule has 0 saturated heterocycles. The number of aromatic nitrogens is 2. The lowest BCUT2D eigenvalue weighted by atomic mass is 10.1. The Morgan fingerprint density at radius 2 is 1.71 bits per heavy atom. The average molecular weight is 395 g/mol. The molecule has 0 bridgehead atoms. The quantitative estimate of drug-likeness (QED) is 0.729. The van der Waals surface area contributed by atoms with E-state index in [4.69, 9.17) is 0 Å². The molecule has 3 aromatic rings. The molecule has 0 spiro atoms. The number of sulfone groups is 1. The van der Waals surface area contributed by atoms with E-state index < -0.39 is 26.8 Å². The molecule has 0 aliphatic rings. The topological polar surface area (TPSA) is 113 Å². The molecule has 0 aliphatic heterocycles. The van der Waals surface area contributed by atoms with Crippen LogP contribution < -0.4 is 5.56 Å². The summed E-state index contributed by atoms with van der Waals surface area (Å²) in [5, 5.41) is 19.3. The number of aryl methyl sites for hydroxylation is 2. The molecule has 1 aromatic heterocycles. The average Bonchev–Trinajstić information content (AvgIpc) is 2.63. The van der Waals surface area contributed by atoms with Crippen LogP contribution in [0.5, 0.6) is 5.88 Å². The van der Waals surface area contributed by atoms with Crippen LogP contribution in [0.2, 0.25) is 0 Å². The van der Waals surface area contributed by atoms with Gasteiger partial charge in [0.25, 0.3) is 5.56 Å². The zero-order valence-corrected chi connectivity index (χ0v) is 16.3. The van der Waals surface area contributed by atoms with Gasteiger partial charge in [0.1, 0.15) is 6.07 Å². The van der Waals surface area contributed by atoms with Gasteiger partial charge in [0, 0.05) is 11.8 Å². The van der Waals surface area contributed by atoms with Gasteiger partial charge in [-0.25, -0.2) is 8.42 Å². The number of aromatic hydroxyl groups is 1. The molecular weight excluding hydrogens is 378 g/mol. The van der Waals surface area contributed by atoms with Gasteiger partial charge < -0.3 is 5.11 Å². The third kappa shape index (κ3) is 3.40. The summed E-state index contributed by atoms with van der Waals surface area (Å²) in [5.74, 6) is -0.570. The fourth-order valence-corrected chi connectivity index (χ4v) is 3.39. The summed E-state index contributed by atoms with van der Waals surface area (Å²) in [7, 11) is -3.38. The molecule has 0 saturated carbocycles. The van der Waals surface area contributed by atoms with Crippen LogP contribution in [0.1, 0.15) is 16.7 Å². The summed E-state index contributed by atoms with van der Waals surface area (Å²) in [5.41, 5.74) is 1.70. The van der Waals surface area contributed by atoms with Gasteiger partial charge in [-0.1, -0.05) is 6.07 Å². The van der Waals surface area contributed by atoms with Crippen molar-refractivity contribution in [2.75, 3.05) is 6.26 Å². The first-order chi connectivity index (χ1) is 13.1. The van der Waals surface area contributed by atoms with Crippen molar-refractivity contribution in [2.24, 2.45) is 0 Å². The van der Waals surface area contributed by atoms with E-state index in [2.05, 4.69) is 4.98 Å². The van der Waals surface area contributed by atoms with Gasteiger partial charge in [-0.2, -0.15) is 10.2 Å². The number of rotatable bonds is 3. The molecule has 28 heavy (non-hydrogen) atoms. The largest absolute Gasteiger partial charge is 0.492 e. The molecule has 8 heteroatoms. The van der Waals surface area contributed by atoms with Crippen molar-refractivity contribution in [1.82, 2.24) is 9.55 Å². The lowest BCUT2D eigenvalue weighted by Gasteiger charge is -2.15. The third-order valence-corrected chi connectivity index (χ3v) is 5.59. The highest BCUT2D eigenvalue weighted by molar-refractivity contribution is 7.90. The van der Waals surface area contributed by atoms with Crippen LogP contribution in [-0.4, -0.2) is 29.3 Å². The maximum atomic E-state index is 12.9. The van der Waals surface area contributed by atoms with E-state index in [1.165, 1.54) is 28.8 Å². The van der Waals surface area contributed by atoms with Crippen molar-refractivity contribution in [1.29, 1.82) is 5.26 Å². The molecular formula is C20H17N3O4S. The molecule has 0 aliphatic carbocycles. The summed E-state index contributed by atoms with van der Waals surface area (Å²) in [6, 6.07) is 12.8. The molecule has 0 atom stereocenters. The van der Waals surface area contributed by atoms with E-state index in [0.717, 1.165) is 17.4 Å². The molecule has 1 N–H and O–H groups in total. The van der Waals surface area contributed by atoms with Gasteiger partial charge in [0.15, 0.2) is 21.2 Å². The van der Waals surface area contributed by atoms with Crippen molar-refractivity contribution < 1.29 is 13.5 Å². The lowest BCUT2D eigenvalue weighted by molar-refractivity contribution is 0.448. The van der Waals surface area contributed by atoms with Gasteiger partial charge in [-0.05, 0) is 61.4 Å². The van der Waals surface area contributed by atoms with E-state index in [9.17, 15) is 23.6 Å². The highest BCUT2D eigenvalue weighted by Gasteiger charge is 2.19. The summed E-state index contributed by atoms with van der Waals surface area (Å²) >= 11 is 0. The Labute approximate surface area is 162 Å². The van der Waals surface area contributed by atoms with Crippen LogP contribution in [0.15, 0.2) is 52.2 Å². The molecule has 2 aromatic carbocycles. The minimum absolute atomic E-state index is 0.102. The van der Waals surface area contributed by atoms with E-state index in [-0.39, 0.29) is 10.7 Å². The Kier molecular flexibility index (Phi) is 4.79. The molecule has 0 amide bonds. The number of hydrogen-bond donors (Lipinski definition) is 1. The predicted molar refractivity (Wildman–Crippen MR) is 104 cm³/mol. The minimum Gasteiger partial charge on any atom is -0.492 e. The summed E-state index contributed by atoms with van der Waals surface area (Å²) in [6.07, 6.45) is 1.10. The number of hydrogen-bond acceptors (Lipinski definition) is 6. The Hall–Kier alpha value is -3.44. The monoisotopic (exact) mass is 395 g/mol. The second-order valence-corrected chi connectivity index (χ2v) is 8.47. The lowest BCUT2D eigenvalue weighted by Crippen LogP contribution is -2.24. The smallest absolute Gasteiger partial charge is 0.280 e. The van der Waals surface area contributed by atoms with Crippen LogP contribution in [-0.2, 0) is 9.84 Å². The van der Waals surface area contributed by atoms with Crippen molar-refractivity contribution in [2.45, 2.75) is 18.7 Å². The fourth-order valence-electron chi connectivity index (χ4n) is 2.76. The Balaban J connectivity index is 2.34. The second kappa shape index (κ2) is 6.94. The van der Waals surface area contributed by atoms with Crippen LogP contribution in [0.4, 0.5) is 0 Å². The fraction of sp³-hybridized carbons (Fsp3) is 0.150. The standard InChI is InChI=1S/C20H17N3O4S/c1-12-4-7-15(10-13(12)2)23-18(22-19(24)17(11-21)20(23)25)14-5-8-16(9-6-14)28(3,26)27/h4-10,24H,1-3H3. The van der Waals surface area contributed by atoms with E-state index in [1.54, 1.807) is 18.2 Å². The van der Waals surface area contributed by atoms with E-state index >= 15 is 0 Å².